The fraction of sp³-hybridized carbons (Fsp3) is 0.214. The lowest BCUT2D eigenvalue weighted by Gasteiger charge is -2.19. The van der Waals surface area contributed by atoms with E-state index in [2.05, 4.69) is 37.1 Å². The lowest BCUT2D eigenvalue weighted by atomic mass is 10.0. The first-order chi connectivity index (χ1) is 8.08. The summed E-state index contributed by atoms with van der Waals surface area (Å²) in [5.41, 5.74) is 4.77. The molecule has 0 spiro atoms. The van der Waals surface area contributed by atoms with Gasteiger partial charge in [-0.1, -0.05) is 24.8 Å². The number of aryl methyl sites for hydroxylation is 1. The van der Waals surface area contributed by atoms with Crippen LogP contribution in [0.3, 0.4) is 0 Å². The van der Waals surface area contributed by atoms with Crippen LogP contribution in [0.2, 0.25) is 0 Å². The van der Waals surface area contributed by atoms with Gasteiger partial charge in [-0.25, -0.2) is 0 Å². The highest BCUT2D eigenvalue weighted by atomic mass is 16.2. The predicted molar refractivity (Wildman–Crippen MR) is 69.2 cm³/mol. The normalized spacial score (nSPS) is 17.9. The zero-order valence-corrected chi connectivity index (χ0v) is 10.1. The average Bonchev–Trinajstić information content (AvgIpc) is 2.28. The van der Waals surface area contributed by atoms with E-state index in [1.54, 1.807) is 0 Å². The van der Waals surface area contributed by atoms with Gasteiger partial charge >= 0.3 is 0 Å². The maximum Gasteiger partial charge on any atom is 0.271 e. The van der Waals surface area contributed by atoms with E-state index in [4.69, 9.17) is 0 Å². The van der Waals surface area contributed by atoms with Crippen molar-refractivity contribution in [3.8, 4) is 0 Å². The van der Waals surface area contributed by atoms with E-state index in [0.29, 0.717) is 17.9 Å². The van der Waals surface area contributed by atoms with E-state index < -0.39 is 0 Å². The van der Waals surface area contributed by atoms with Crippen LogP contribution in [0.15, 0.2) is 36.2 Å². The van der Waals surface area contributed by atoms with Crippen LogP contribution in [0.1, 0.15) is 16.7 Å². The summed E-state index contributed by atoms with van der Waals surface area (Å²) in [6, 6.07) is 6.07. The Hall–Kier alpha value is -2.03. The summed E-state index contributed by atoms with van der Waals surface area (Å²) in [4.78, 5) is 11.7. The molecule has 2 rings (SSSR count). The van der Waals surface area contributed by atoms with Gasteiger partial charge in [-0.05, 0) is 36.6 Å². The number of benzene rings is 1. The second-order valence-corrected chi connectivity index (χ2v) is 4.26. The number of nitrogens with one attached hydrogen (secondary N) is 2. The fourth-order valence-electron chi connectivity index (χ4n) is 1.76. The molecule has 1 aliphatic heterocycles. The number of piperazine rings is 1. The van der Waals surface area contributed by atoms with Crippen LogP contribution < -0.4 is 10.6 Å². The summed E-state index contributed by atoms with van der Waals surface area (Å²) in [5.74, 6) is -0.123. The molecule has 1 aromatic rings. The van der Waals surface area contributed by atoms with Crippen LogP contribution in [0, 0.1) is 13.8 Å². The molecule has 1 saturated heterocycles. The highest BCUT2D eigenvalue weighted by Gasteiger charge is 2.16. The molecule has 1 aromatic carbocycles. The molecule has 3 heteroatoms. The summed E-state index contributed by atoms with van der Waals surface area (Å²) in [7, 11) is 0. The molecule has 0 radical (unpaired) electrons. The quantitative estimate of drug-likeness (QED) is 0.721. The standard InChI is InChI=1S/C14H16N2O/c1-9-5-4-6-12(11(9)3)7-13-14(17)16-10(2)8-15-13/h4-7,15H,2,8H2,1,3H3,(H,16,17)/b13-7-. The van der Waals surface area contributed by atoms with E-state index in [1.165, 1.54) is 11.1 Å². The Kier molecular flexibility index (Phi) is 3.00. The van der Waals surface area contributed by atoms with Crippen molar-refractivity contribution >= 4 is 12.0 Å². The number of carbonyl (C=O) groups excluding carboxylic acids is 1. The monoisotopic (exact) mass is 228 g/mol. The smallest absolute Gasteiger partial charge is 0.271 e. The largest absolute Gasteiger partial charge is 0.375 e. The maximum absolute atomic E-state index is 11.7. The van der Waals surface area contributed by atoms with Crippen LogP contribution in [-0.2, 0) is 4.79 Å². The van der Waals surface area contributed by atoms with E-state index in [1.807, 2.05) is 18.2 Å². The van der Waals surface area contributed by atoms with E-state index in [0.717, 1.165) is 5.56 Å². The molecule has 0 unspecified atom stereocenters. The van der Waals surface area contributed by atoms with Gasteiger partial charge in [-0.3, -0.25) is 4.79 Å². The average molecular weight is 228 g/mol. The third-order valence-corrected chi connectivity index (χ3v) is 2.97. The zero-order chi connectivity index (χ0) is 12.4. The van der Waals surface area contributed by atoms with Crippen molar-refractivity contribution in [2.75, 3.05) is 6.54 Å². The minimum Gasteiger partial charge on any atom is -0.375 e. The number of carbonyl (C=O) groups is 1. The van der Waals surface area contributed by atoms with Crippen molar-refractivity contribution in [2.24, 2.45) is 0 Å². The van der Waals surface area contributed by atoms with Crippen LogP contribution in [-0.4, -0.2) is 12.5 Å². The summed E-state index contributed by atoms with van der Waals surface area (Å²) >= 11 is 0. The van der Waals surface area contributed by atoms with Gasteiger partial charge in [-0.15, -0.1) is 0 Å². The van der Waals surface area contributed by atoms with E-state index in [9.17, 15) is 4.79 Å². The number of hydrogen-bond donors (Lipinski definition) is 2. The molecule has 0 saturated carbocycles. The third-order valence-electron chi connectivity index (χ3n) is 2.97. The van der Waals surface area contributed by atoms with E-state index in [-0.39, 0.29) is 5.91 Å². The van der Waals surface area contributed by atoms with Gasteiger partial charge in [0.15, 0.2) is 0 Å². The molecule has 17 heavy (non-hydrogen) atoms. The minimum atomic E-state index is -0.123. The van der Waals surface area contributed by atoms with Crippen LogP contribution >= 0.6 is 0 Å². The Morgan fingerprint density at radius 3 is 2.82 bits per heavy atom. The first kappa shape index (κ1) is 11.5. The summed E-state index contributed by atoms with van der Waals surface area (Å²) in [5, 5.41) is 5.78. The fourth-order valence-corrected chi connectivity index (χ4v) is 1.76. The van der Waals surface area contributed by atoms with Gasteiger partial charge in [0.25, 0.3) is 5.91 Å². The topological polar surface area (TPSA) is 41.1 Å². The van der Waals surface area contributed by atoms with Gasteiger partial charge in [0.05, 0.1) is 6.54 Å². The Balaban J connectivity index is 2.33. The Labute approximate surface area is 101 Å². The SMILES string of the molecule is C=C1CN/C(=C\c2cccc(C)c2C)C(=O)N1. The minimum absolute atomic E-state index is 0.123. The van der Waals surface area contributed by atoms with Crippen LogP contribution in [0.5, 0.6) is 0 Å². The molecule has 88 valence electrons. The zero-order valence-electron chi connectivity index (χ0n) is 10.1. The molecule has 2 N–H and O–H groups in total. The van der Waals surface area contributed by atoms with Gasteiger partial charge in [-0.2, -0.15) is 0 Å². The lowest BCUT2D eigenvalue weighted by molar-refractivity contribution is -0.117. The maximum atomic E-state index is 11.7. The van der Waals surface area contributed by atoms with Gasteiger partial charge in [0.2, 0.25) is 0 Å². The Morgan fingerprint density at radius 1 is 1.35 bits per heavy atom. The van der Waals surface area contributed by atoms with Crippen LogP contribution in [0.4, 0.5) is 0 Å². The van der Waals surface area contributed by atoms with Gasteiger partial charge in [0, 0.05) is 5.70 Å². The summed E-state index contributed by atoms with van der Waals surface area (Å²) < 4.78 is 0. The molecular formula is C14H16N2O. The highest BCUT2D eigenvalue weighted by Crippen LogP contribution is 2.16. The highest BCUT2D eigenvalue weighted by molar-refractivity contribution is 5.99. The predicted octanol–water partition coefficient (Wildman–Crippen LogP) is 1.88. The molecule has 0 aliphatic carbocycles. The second-order valence-electron chi connectivity index (χ2n) is 4.26. The third kappa shape index (κ3) is 2.38. The summed E-state index contributed by atoms with van der Waals surface area (Å²) in [6.45, 7) is 8.42. The first-order valence-corrected chi connectivity index (χ1v) is 5.59. The lowest BCUT2D eigenvalue weighted by Crippen LogP contribution is -2.40. The molecule has 1 amide bonds. The van der Waals surface area contributed by atoms with Crippen molar-refractivity contribution in [2.45, 2.75) is 13.8 Å². The van der Waals surface area contributed by atoms with Crippen LogP contribution in [0.25, 0.3) is 6.08 Å². The summed E-state index contributed by atoms with van der Waals surface area (Å²) in [6.07, 6.45) is 1.88. The second kappa shape index (κ2) is 4.45. The van der Waals surface area contributed by atoms with Crippen molar-refractivity contribution in [3.63, 3.8) is 0 Å². The molecule has 1 fully saturated rings. The van der Waals surface area contributed by atoms with Crippen molar-refractivity contribution in [3.05, 3.63) is 52.9 Å². The number of rotatable bonds is 1. The number of hydrogen-bond acceptors (Lipinski definition) is 2. The number of amides is 1. The van der Waals surface area contributed by atoms with Crippen molar-refractivity contribution in [1.29, 1.82) is 0 Å². The molecule has 0 aromatic heterocycles. The molecular weight excluding hydrogens is 212 g/mol. The van der Waals surface area contributed by atoms with Crippen molar-refractivity contribution < 1.29 is 4.79 Å². The Bertz CT molecular complexity index is 515. The molecule has 1 aliphatic rings. The first-order valence-electron chi connectivity index (χ1n) is 5.59. The molecule has 0 bridgehead atoms. The Morgan fingerprint density at radius 2 is 2.12 bits per heavy atom. The van der Waals surface area contributed by atoms with E-state index >= 15 is 0 Å². The van der Waals surface area contributed by atoms with Crippen molar-refractivity contribution in [1.82, 2.24) is 10.6 Å². The molecule has 1 heterocycles. The molecule has 3 nitrogen and oxygen atoms in total. The van der Waals surface area contributed by atoms with Gasteiger partial charge < -0.3 is 10.6 Å². The molecule has 0 atom stereocenters. The van der Waals surface area contributed by atoms with Gasteiger partial charge in [0.1, 0.15) is 5.70 Å².